The lowest BCUT2D eigenvalue weighted by Crippen LogP contribution is -2.38. The first kappa shape index (κ1) is 97.6. The summed E-state index contributed by atoms with van der Waals surface area (Å²) in [5.74, 6) is 2.48. The van der Waals surface area contributed by atoms with Gasteiger partial charge in [-0.15, -0.1) is 0 Å². The van der Waals surface area contributed by atoms with Crippen molar-refractivity contribution in [2.45, 2.75) is 157 Å². The number of aliphatic hydroxyl groups excluding tert-OH is 4. The van der Waals surface area contributed by atoms with Crippen molar-refractivity contribution < 1.29 is 58.6 Å². The number of hydrogen-bond donors (Lipinski definition) is 8. The van der Waals surface area contributed by atoms with Crippen molar-refractivity contribution in [3.05, 3.63) is 360 Å². The van der Waals surface area contributed by atoms with Crippen LogP contribution in [0.2, 0.25) is 0 Å². The van der Waals surface area contributed by atoms with E-state index in [4.69, 9.17) is 19.2 Å². The van der Waals surface area contributed by atoms with Crippen molar-refractivity contribution in [3.8, 4) is 11.5 Å². The number of aromatic nitrogens is 11. The van der Waals surface area contributed by atoms with Crippen LogP contribution in [0.5, 0.6) is 11.5 Å². The number of imidazole rings is 1. The van der Waals surface area contributed by atoms with Crippen LogP contribution in [0.25, 0.3) is 38.6 Å². The summed E-state index contributed by atoms with van der Waals surface area (Å²) in [5.41, 5.74) is 21.4. The molecule has 8 N–H and O–H groups in total. The SMILES string of the molecule is CC1=CC2C(=O)C=C(CN3CCc4c(c(C(=O)NCc5ccccc5)nn4CCO)C3)OC2C=C1.COc1ccc(CN2CCc3c(c(C(=O)NCc4cccc(C)c4)nn3CCO)C2)c2ccccc12.COc1ccc(CN2CCc3c(c(C(=O)NCc4cccc5cccnc45)nn3CCO)C2)c2ccccc12.Cc1nc2n(c1CN1CCc3c(c(C(=O)NCc4ccccc4)nn3CCO)C1)C=CC2. The van der Waals surface area contributed by atoms with E-state index >= 15 is 0 Å². The van der Waals surface area contributed by atoms with E-state index in [1.807, 2.05) is 172 Å². The number of fused-ring (bicyclic) bond motifs is 9. The van der Waals surface area contributed by atoms with Crippen molar-refractivity contribution in [2.75, 3.05) is 73.4 Å². The summed E-state index contributed by atoms with van der Waals surface area (Å²) in [6.45, 7) is 17.7. The van der Waals surface area contributed by atoms with Crippen LogP contribution < -0.4 is 30.7 Å². The Bertz CT molecular complexity index is 7080. The van der Waals surface area contributed by atoms with Gasteiger partial charge >= 0.3 is 0 Å². The Balaban J connectivity index is 0.000000125. The van der Waals surface area contributed by atoms with E-state index in [-0.39, 0.29) is 67.9 Å². The molecule has 2 atom stereocenters. The number of ketones is 1. The lowest BCUT2D eigenvalue weighted by atomic mass is 9.88. The van der Waals surface area contributed by atoms with Gasteiger partial charge in [-0.1, -0.05) is 199 Å². The zero-order valence-corrected chi connectivity index (χ0v) is 80.9. The summed E-state index contributed by atoms with van der Waals surface area (Å²) in [6, 6.07) is 62.5. The van der Waals surface area contributed by atoms with E-state index in [2.05, 4.69) is 139 Å². The number of ether oxygens (including phenoxy) is 3. The van der Waals surface area contributed by atoms with Crippen molar-refractivity contribution in [2.24, 2.45) is 5.92 Å². The fourth-order valence-electron chi connectivity index (χ4n) is 20.3. The third kappa shape index (κ3) is 22.2. The number of allylic oxidation sites excluding steroid dienone is 4. The topological polar surface area (TPSA) is 357 Å². The second-order valence-electron chi connectivity index (χ2n) is 36.8. The smallest absolute Gasteiger partial charge is 0.272 e. The van der Waals surface area contributed by atoms with Gasteiger partial charge in [0, 0.05) is 210 Å². The molecular weight excluding hydrogens is 1790 g/mol. The number of amides is 4. The number of methoxy groups -OCH3 is 2. The average molecular weight is 1910 g/mol. The van der Waals surface area contributed by atoms with Crippen LogP contribution in [0.3, 0.4) is 0 Å². The number of benzene rings is 8. The van der Waals surface area contributed by atoms with E-state index < -0.39 is 0 Å². The van der Waals surface area contributed by atoms with Gasteiger partial charge < -0.3 is 60.5 Å². The van der Waals surface area contributed by atoms with E-state index in [1.165, 1.54) is 27.6 Å². The molecule has 8 aromatic carbocycles. The molecule has 1 aliphatic carbocycles. The first-order valence-corrected chi connectivity index (χ1v) is 48.7. The molecule has 0 spiro atoms. The largest absolute Gasteiger partial charge is 0.496 e. The van der Waals surface area contributed by atoms with E-state index in [0.717, 1.165) is 195 Å². The molecule has 6 aromatic heterocycles. The second kappa shape index (κ2) is 45.3. The number of para-hydroxylation sites is 1. The maximum Gasteiger partial charge on any atom is 0.272 e. The standard InChI is InChI=1S/C31H31N5O3.C29H32N4O3.C27H30N4O4.C24H28N6O2/c1-39-28-12-11-23(24-9-2-3-10-25(24)28)19-35-15-13-27-26(20-35)30(34-36(27)16-17-37)31(38)33-18-22-7-4-6-21-8-5-14-32-29(21)22;1-20-6-5-7-21(16-20)17-30-29(35)28-25-19-32(13-12-26(25)33(31-28)14-15-34)18-22-10-11-27(36-2)24-9-4-3-8-23(22)24;1-18-7-8-25-21(13-18)24(33)14-20(35-25)16-30-10-9-23-22(17-30)26(29-31(23)11-12-32)27(34)28-15-19-5-3-2-4-6-19;1-17-21(29-10-5-8-22(29)26-17)16-28-11-9-20-19(15-28)23(27-30(20)12-13-31)24(32)25-14-18-6-3-2-4-7-18/h2-12,14,37H,13,15-20H2,1H3,(H,33,38);3-11,16,34H,12-15,17-19H2,1-2H3,(H,30,35);2-8,13-14,21,25,32H,9-12,15-17H2,1H3,(H,28,34);2-7,10,31H,8-9,11-16H2,1H3,(H,25,32). The third-order valence-corrected chi connectivity index (χ3v) is 27.3. The lowest BCUT2D eigenvalue weighted by molar-refractivity contribution is -0.121. The predicted octanol–water partition coefficient (Wildman–Crippen LogP) is 12.0. The van der Waals surface area contributed by atoms with Gasteiger partial charge in [0.25, 0.3) is 23.6 Å². The fraction of sp³-hybridized carbons (Fsp3) is 0.324. The molecule has 31 nitrogen and oxygen atoms in total. The first-order chi connectivity index (χ1) is 69.4. The Morgan fingerprint density at radius 2 is 0.887 bits per heavy atom. The molecule has 0 saturated heterocycles. The number of hydrogen-bond acceptors (Lipinski definition) is 22. The number of nitrogens with one attached hydrogen (secondary N) is 4. The van der Waals surface area contributed by atoms with Crippen LogP contribution in [-0.2, 0) is 140 Å². The molecule has 0 radical (unpaired) electrons. The molecule has 4 amide bonds. The van der Waals surface area contributed by atoms with Crippen LogP contribution in [0.15, 0.2) is 236 Å². The minimum absolute atomic E-state index is 0.00357. The molecule has 14 aromatic rings. The van der Waals surface area contributed by atoms with Gasteiger partial charge in [0.05, 0.1) is 96.2 Å². The van der Waals surface area contributed by atoms with Gasteiger partial charge in [-0.05, 0) is 89.2 Å². The molecule has 31 heteroatoms. The maximum atomic E-state index is 13.5. The zero-order chi connectivity index (χ0) is 98.3. The molecule has 6 aliphatic heterocycles. The van der Waals surface area contributed by atoms with Gasteiger partial charge in [-0.3, -0.25) is 67.3 Å². The molecule has 0 saturated carbocycles. The summed E-state index contributed by atoms with van der Waals surface area (Å²) in [7, 11) is 3.39. The van der Waals surface area contributed by atoms with Crippen LogP contribution >= 0.6 is 0 Å². The van der Waals surface area contributed by atoms with E-state index in [0.29, 0.717) is 120 Å². The van der Waals surface area contributed by atoms with Crippen LogP contribution in [0, 0.1) is 19.8 Å². The van der Waals surface area contributed by atoms with Crippen molar-refractivity contribution in [3.63, 3.8) is 0 Å². The fourth-order valence-corrected chi connectivity index (χ4v) is 20.3. The lowest BCUT2D eigenvalue weighted by Gasteiger charge is -2.33. The molecule has 7 aliphatic rings. The van der Waals surface area contributed by atoms with Crippen molar-refractivity contribution in [1.82, 2.24) is 94.5 Å². The van der Waals surface area contributed by atoms with Crippen LogP contribution in [0.4, 0.5) is 0 Å². The number of aliphatic hydroxyl groups is 4. The number of aryl methyl sites for hydroxylation is 2. The van der Waals surface area contributed by atoms with Gasteiger partial charge in [0.15, 0.2) is 28.6 Å². The maximum absolute atomic E-state index is 13.5. The van der Waals surface area contributed by atoms with Gasteiger partial charge in [0.1, 0.15) is 29.2 Å². The summed E-state index contributed by atoms with van der Waals surface area (Å²) >= 11 is 0. The molecule has 142 heavy (non-hydrogen) atoms. The van der Waals surface area contributed by atoms with E-state index in [1.54, 1.807) is 45.2 Å². The normalized spacial score (nSPS) is 15.8. The van der Waals surface area contributed by atoms with E-state index in [9.17, 15) is 44.4 Å². The van der Waals surface area contributed by atoms with Gasteiger partial charge in [-0.2, -0.15) is 20.4 Å². The number of pyridine rings is 1. The van der Waals surface area contributed by atoms with Crippen molar-refractivity contribution >= 4 is 68.1 Å². The quantitative estimate of drug-likeness (QED) is 0.0207. The summed E-state index contributed by atoms with van der Waals surface area (Å²) < 4.78 is 26.6. The summed E-state index contributed by atoms with van der Waals surface area (Å²) in [4.78, 5) is 83.9. The summed E-state index contributed by atoms with van der Waals surface area (Å²) in [5, 5.41) is 74.2. The minimum Gasteiger partial charge on any atom is -0.496 e. The molecule has 0 fully saturated rings. The average Bonchev–Trinajstić information content (AvgIpc) is 1.13. The molecule has 732 valence electrons. The van der Waals surface area contributed by atoms with Crippen LogP contribution in [-0.4, -0.2) is 203 Å². The highest BCUT2D eigenvalue weighted by molar-refractivity contribution is 5.98. The number of carbonyl (C=O) groups excluding carboxylic acids is 5. The molecule has 2 unspecified atom stereocenters. The highest BCUT2D eigenvalue weighted by Crippen LogP contribution is 2.37. The van der Waals surface area contributed by atoms with Gasteiger partial charge in [-0.25, -0.2) is 4.98 Å². The van der Waals surface area contributed by atoms with Crippen LogP contribution in [0.1, 0.15) is 150 Å². The Hall–Kier alpha value is -14.7. The predicted molar refractivity (Wildman–Crippen MR) is 542 cm³/mol. The number of carbonyl (C=O) groups is 5. The Labute approximate surface area is 824 Å². The minimum atomic E-state index is -0.266. The number of nitrogens with zero attached hydrogens (tertiary/aromatic N) is 15. The highest BCUT2D eigenvalue weighted by Gasteiger charge is 2.37. The Morgan fingerprint density at radius 1 is 0.458 bits per heavy atom. The number of rotatable bonds is 30. The second-order valence-corrected chi connectivity index (χ2v) is 36.8. The zero-order valence-electron chi connectivity index (χ0n) is 80.9. The first-order valence-electron chi connectivity index (χ1n) is 48.7. The van der Waals surface area contributed by atoms with Gasteiger partial charge in [0.2, 0.25) is 0 Å². The molecule has 0 bridgehead atoms. The Morgan fingerprint density at radius 3 is 1.36 bits per heavy atom. The monoisotopic (exact) mass is 1910 g/mol. The highest BCUT2D eigenvalue weighted by atomic mass is 16.5. The third-order valence-electron chi connectivity index (χ3n) is 27.3. The molecule has 12 heterocycles. The molecule has 21 rings (SSSR count). The Kier molecular flexibility index (Phi) is 31.1. The molecular formula is C111H121N19O12. The van der Waals surface area contributed by atoms with Crippen molar-refractivity contribution in [1.29, 1.82) is 0 Å². The summed E-state index contributed by atoms with van der Waals surface area (Å²) in [6.07, 6.45) is 17.2.